The van der Waals surface area contributed by atoms with Crippen molar-refractivity contribution in [3.05, 3.63) is 29.9 Å². The van der Waals surface area contributed by atoms with E-state index in [9.17, 15) is 4.79 Å². The maximum atomic E-state index is 10.8. The summed E-state index contributed by atoms with van der Waals surface area (Å²) in [6.45, 7) is 5.59. The van der Waals surface area contributed by atoms with Gasteiger partial charge in [-0.2, -0.15) is 0 Å². The molecule has 0 radical (unpaired) electrons. The number of aromatic nitrogens is 3. The fraction of sp³-hybridized carbons (Fsp3) is 0.429. The number of carbonyl (C=O) groups is 1. The third-order valence-electron chi connectivity index (χ3n) is 2.96. The van der Waals surface area contributed by atoms with Crippen molar-refractivity contribution in [2.45, 2.75) is 33.6 Å². The van der Waals surface area contributed by atoms with Crippen LogP contribution in [0.2, 0.25) is 0 Å². The quantitative estimate of drug-likeness (QED) is 0.901. The Labute approximate surface area is 116 Å². The van der Waals surface area contributed by atoms with Crippen molar-refractivity contribution in [2.75, 3.05) is 0 Å². The summed E-state index contributed by atoms with van der Waals surface area (Å²) in [5.41, 5.74) is 1.18. The van der Waals surface area contributed by atoms with Crippen LogP contribution >= 0.6 is 0 Å². The Bertz CT molecular complexity index is 620. The Balaban J connectivity index is 2.18. The molecule has 0 unspecified atom stereocenters. The van der Waals surface area contributed by atoms with Gasteiger partial charge >= 0.3 is 5.97 Å². The smallest absolute Gasteiger partial charge is 0.303 e. The minimum absolute atomic E-state index is 0.0522. The van der Waals surface area contributed by atoms with Crippen LogP contribution in [0.15, 0.2) is 22.7 Å². The number of pyridine rings is 1. The second-order valence-electron chi connectivity index (χ2n) is 5.55. The lowest BCUT2D eigenvalue weighted by molar-refractivity contribution is -0.139. The Kier molecular flexibility index (Phi) is 3.83. The monoisotopic (exact) mass is 275 g/mol. The van der Waals surface area contributed by atoms with Gasteiger partial charge in [-0.05, 0) is 24.5 Å². The molecule has 106 valence electrons. The Morgan fingerprint density at radius 1 is 1.40 bits per heavy atom. The largest absolute Gasteiger partial charge is 0.481 e. The van der Waals surface area contributed by atoms with Crippen molar-refractivity contribution in [1.29, 1.82) is 0 Å². The molecule has 2 heterocycles. The number of hydrogen-bond acceptors (Lipinski definition) is 5. The number of carboxylic acids is 1. The molecular weight excluding hydrogens is 258 g/mol. The SMILES string of the molecule is Cc1ncccc1-c1nnc(CC(C)(C)CC(=O)O)o1. The molecule has 1 N–H and O–H groups in total. The maximum absolute atomic E-state index is 10.8. The third kappa shape index (κ3) is 3.40. The molecule has 0 aliphatic rings. The van der Waals surface area contributed by atoms with Crippen molar-refractivity contribution in [2.24, 2.45) is 5.41 Å². The predicted molar refractivity (Wildman–Crippen MR) is 72.0 cm³/mol. The molecule has 20 heavy (non-hydrogen) atoms. The molecule has 0 saturated heterocycles. The van der Waals surface area contributed by atoms with Gasteiger partial charge in [0.05, 0.1) is 12.0 Å². The topological polar surface area (TPSA) is 89.1 Å². The summed E-state index contributed by atoms with van der Waals surface area (Å²) in [5, 5.41) is 16.9. The lowest BCUT2D eigenvalue weighted by atomic mass is 9.86. The Morgan fingerprint density at radius 2 is 2.15 bits per heavy atom. The van der Waals surface area contributed by atoms with E-state index in [1.165, 1.54) is 0 Å². The third-order valence-corrected chi connectivity index (χ3v) is 2.96. The molecule has 0 fully saturated rings. The molecule has 2 aromatic heterocycles. The van der Waals surface area contributed by atoms with Crippen molar-refractivity contribution < 1.29 is 14.3 Å². The first-order valence-electron chi connectivity index (χ1n) is 6.33. The fourth-order valence-electron chi connectivity index (χ4n) is 2.03. The van der Waals surface area contributed by atoms with Crippen molar-refractivity contribution >= 4 is 5.97 Å². The minimum Gasteiger partial charge on any atom is -0.481 e. The lowest BCUT2D eigenvalue weighted by Crippen LogP contribution is -2.19. The molecule has 2 aromatic rings. The lowest BCUT2D eigenvalue weighted by Gasteiger charge is -2.19. The predicted octanol–water partition coefficient (Wildman–Crippen LogP) is 2.48. The van der Waals surface area contributed by atoms with Gasteiger partial charge in [0.1, 0.15) is 0 Å². The van der Waals surface area contributed by atoms with E-state index < -0.39 is 11.4 Å². The van der Waals surface area contributed by atoms with Crippen LogP contribution < -0.4 is 0 Å². The van der Waals surface area contributed by atoms with Crippen LogP contribution in [-0.2, 0) is 11.2 Å². The van der Waals surface area contributed by atoms with Gasteiger partial charge in [0, 0.05) is 18.3 Å². The van der Waals surface area contributed by atoms with Crippen LogP contribution in [0.5, 0.6) is 0 Å². The Hall–Kier alpha value is -2.24. The maximum Gasteiger partial charge on any atom is 0.303 e. The summed E-state index contributed by atoms with van der Waals surface area (Å²) in [4.78, 5) is 15.0. The van der Waals surface area contributed by atoms with E-state index in [4.69, 9.17) is 9.52 Å². The van der Waals surface area contributed by atoms with Crippen molar-refractivity contribution in [3.8, 4) is 11.5 Å². The van der Waals surface area contributed by atoms with Gasteiger partial charge in [0.25, 0.3) is 0 Å². The summed E-state index contributed by atoms with van der Waals surface area (Å²) >= 11 is 0. The van der Waals surface area contributed by atoms with Gasteiger partial charge in [-0.25, -0.2) is 0 Å². The van der Waals surface area contributed by atoms with Crippen LogP contribution in [0.25, 0.3) is 11.5 Å². The number of aliphatic carboxylic acids is 1. The summed E-state index contributed by atoms with van der Waals surface area (Å²) in [6.07, 6.45) is 2.17. The van der Waals surface area contributed by atoms with Crippen molar-refractivity contribution in [1.82, 2.24) is 15.2 Å². The zero-order valence-electron chi connectivity index (χ0n) is 11.8. The van der Waals surface area contributed by atoms with Crippen LogP contribution in [0.4, 0.5) is 0 Å². The van der Waals surface area contributed by atoms with Gasteiger partial charge in [-0.3, -0.25) is 9.78 Å². The second kappa shape index (κ2) is 5.40. The number of rotatable bonds is 5. The molecule has 0 amide bonds. The van der Waals surface area contributed by atoms with Gasteiger partial charge in [-0.15, -0.1) is 10.2 Å². The summed E-state index contributed by atoms with van der Waals surface area (Å²) < 4.78 is 5.61. The highest BCUT2D eigenvalue weighted by molar-refractivity contribution is 5.67. The number of nitrogens with zero attached hydrogens (tertiary/aromatic N) is 3. The molecule has 0 aliphatic heterocycles. The molecule has 6 nitrogen and oxygen atoms in total. The van der Waals surface area contributed by atoms with E-state index in [0.29, 0.717) is 18.2 Å². The molecule has 0 bridgehead atoms. The molecule has 0 atom stereocenters. The highest BCUT2D eigenvalue weighted by Gasteiger charge is 2.25. The molecule has 0 saturated carbocycles. The van der Waals surface area contributed by atoms with E-state index in [1.807, 2.05) is 26.8 Å². The van der Waals surface area contributed by atoms with Crippen LogP contribution in [-0.4, -0.2) is 26.3 Å². The fourth-order valence-corrected chi connectivity index (χ4v) is 2.03. The number of aryl methyl sites for hydroxylation is 1. The standard InChI is InChI=1S/C14H17N3O3/c1-9-10(5-4-6-15-9)13-17-16-11(20-13)7-14(2,3)8-12(18)19/h4-6H,7-8H2,1-3H3,(H,18,19). The summed E-state index contributed by atoms with van der Waals surface area (Å²) in [6, 6.07) is 3.67. The van der Waals surface area contributed by atoms with Gasteiger partial charge in [0.15, 0.2) is 0 Å². The normalized spacial score (nSPS) is 11.6. The van der Waals surface area contributed by atoms with Gasteiger partial charge in [-0.1, -0.05) is 13.8 Å². The van der Waals surface area contributed by atoms with Gasteiger partial charge in [0.2, 0.25) is 11.8 Å². The first-order chi connectivity index (χ1) is 9.37. The van der Waals surface area contributed by atoms with E-state index in [2.05, 4.69) is 15.2 Å². The molecule has 0 aromatic carbocycles. The zero-order chi connectivity index (χ0) is 14.8. The number of carboxylic acid groups (broad SMARTS) is 1. The molecule has 0 spiro atoms. The first kappa shape index (κ1) is 14.2. The summed E-state index contributed by atoms with van der Waals surface area (Å²) in [5.74, 6) is 0.0177. The second-order valence-corrected chi connectivity index (χ2v) is 5.55. The van der Waals surface area contributed by atoms with Gasteiger partial charge < -0.3 is 9.52 Å². The zero-order valence-corrected chi connectivity index (χ0v) is 11.8. The van der Waals surface area contributed by atoms with Crippen molar-refractivity contribution in [3.63, 3.8) is 0 Å². The van der Waals surface area contributed by atoms with E-state index in [-0.39, 0.29) is 6.42 Å². The van der Waals surface area contributed by atoms with Crippen LogP contribution in [0.1, 0.15) is 31.9 Å². The highest BCUT2D eigenvalue weighted by atomic mass is 16.4. The molecular formula is C14H17N3O3. The average Bonchev–Trinajstić information content (AvgIpc) is 2.75. The first-order valence-corrected chi connectivity index (χ1v) is 6.33. The van der Waals surface area contributed by atoms with E-state index >= 15 is 0 Å². The Morgan fingerprint density at radius 3 is 2.80 bits per heavy atom. The highest BCUT2D eigenvalue weighted by Crippen LogP contribution is 2.27. The van der Waals surface area contributed by atoms with Crippen LogP contribution in [0, 0.1) is 12.3 Å². The molecule has 6 heteroatoms. The minimum atomic E-state index is -0.835. The van der Waals surface area contributed by atoms with Crippen LogP contribution in [0.3, 0.4) is 0 Å². The number of hydrogen-bond donors (Lipinski definition) is 1. The summed E-state index contributed by atoms with van der Waals surface area (Å²) in [7, 11) is 0. The van der Waals surface area contributed by atoms with E-state index in [1.54, 1.807) is 12.3 Å². The molecule has 0 aliphatic carbocycles. The average molecular weight is 275 g/mol. The molecule has 2 rings (SSSR count). The van der Waals surface area contributed by atoms with E-state index in [0.717, 1.165) is 11.3 Å².